The standard InChI is InChI=1S/C87H167NO8/c1-3-5-7-9-11-13-15-17-19-21-23-25-27-29-31-33-35-37-38-39-40-41-42-43-45-47-49-51-53-55-57-59-61-63-65-67-69-71-73-75-77-83(91)88-80(79-95-87-86(94)85(93)84(92)82(78-89)96-87)81(90)76-74-72-70-68-66-64-62-60-58-56-54-52-50-48-46-44-36-34-32-30-28-26-24-22-20-18-16-14-12-10-8-6-4-2/h58,60,66,68,74,76,80-82,84-87,89-90,92-94H,3-57,59,61-65,67,69-73,75,77-79H2,1-2H3,(H,88,91)/b60-58+,68-66+,76-74+. The number of hydrogen-bond donors (Lipinski definition) is 6. The van der Waals surface area contributed by atoms with Crippen LogP contribution in [0.2, 0.25) is 0 Å². The Kier molecular flexibility index (Phi) is 73.2. The van der Waals surface area contributed by atoms with E-state index in [9.17, 15) is 30.3 Å². The molecular weight excluding hydrogens is 1190 g/mol. The molecule has 1 aliphatic heterocycles. The van der Waals surface area contributed by atoms with Crippen molar-refractivity contribution in [2.45, 2.75) is 500 Å². The Balaban J connectivity index is 2.05. The number of allylic oxidation sites excluding steroid dienone is 5. The van der Waals surface area contributed by atoms with Crippen molar-refractivity contribution in [2.75, 3.05) is 13.2 Å². The van der Waals surface area contributed by atoms with E-state index in [4.69, 9.17) is 9.47 Å². The van der Waals surface area contributed by atoms with Gasteiger partial charge in [0.2, 0.25) is 5.91 Å². The molecule has 6 N–H and O–H groups in total. The molecule has 0 bridgehead atoms. The van der Waals surface area contributed by atoms with Crippen LogP contribution in [0.3, 0.4) is 0 Å². The number of nitrogens with one attached hydrogen (secondary N) is 1. The molecule has 9 heteroatoms. The molecule has 1 aliphatic rings. The minimum atomic E-state index is -1.58. The van der Waals surface area contributed by atoms with Crippen molar-refractivity contribution in [2.24, 2.45) is 0 Å². The zero-order valence-corrected chi connectivity index (χ0v) is 64.2. The molecule has 568 valence electrons. The molecule has 0 aromatic heterocycles. The molecule has 9 nitrogen and oxygen atoms in total. The number of carbonyl (C=O) groups excluding carboxylic acids is 1. The summed E-state index contributed by atoms with van der Waals surface area (Å²) in [5.74, 6) is -0.181. The third-order valence-electron chi connectivity index (χ3n) is 20.9. The Morgan fingerprint density at radius 2 is 0.594 bits per heavy atom. The SMILES string of the molecule is CCCCCCCCCCCCCCCCCCCCCCCCC/C=C/CC/C=C/CC/C=C/C(O)C(COC1OC(CO)C(O)C(O)C1O)NC(=O)CCCCCCCCCCCCCCCCCCCCCCCCCCCCCCCCCCCCCCCCCC. The number of aliphatic hydroxyl groups excluding tert-OH is 5. The van der Waals surface area contributed by atoms with Crippen molar-refractivity contribution in [1.82, 2.24) is 5.32 Å². The van der Waals surface area contributed by atoms with Crippen molar-refractivity contribution in [3.63, 3.8) is 0 Å². The molecule has 1 fully saturated rings. The summed E-state index contributed by atoms with van der Waals surface area (Å²) in [6, 6.07) is -0.829. The largest absolute Gasteiger partial charge is 0.394 e. The minimum Gasteiger partial charge on any atom is -0.394 e. The van der Waals surface area contributed by atoms with E-state index in [-0.39, 0.29) is 12.5 Å². The summed E-state index contributed by atoms with van der Waals surface area (Å²) in [5.41, 5.74) is 0. The molecule has 0 aromatic carbocycles. The average Bonchev–Trinajstić information content (AvgIpc) is 0.887. The fourth-order valence-electron chi connectivity index (χ4n) is 14.3. The first-order valence-electron chi connectivity index (χ1n) is 43.2. The molecule has 0 saturated carbocycles. The van der Waals surface area contributed by atoms with Gasteiger partial charge in [0.1, 0.15) is 24.4 Å². The second kappa shape index (κ2) is 76.1. The number of carbonyl (C=O) groups is 1. The highest BCUT2D eigenvalue weighted by atomic mass is 16.7. The first kappa shape index (κ1) is 92.4. The molecule has 0 aromatic rings. The first-order valence-corrected chi connectivity index (χ1v) is 43.2. The smallest absolute Gasteiger partial charge is 0.220 e. The molecule has 96 heavy (non-hydrogen) atoms. The highest BCUT2D eigenvalue weighted by Crippen LogP contribution is 2.24. The number of aliphatic hydroxyl groups is 5. The predicted molar refractivity (Wildman–Crippen MR) is 415 cm³/mol. The fraction of sp³-hybridized carbons (Fsp3) is 0.920. The van der Waals surface area contributed by atoms with E-state index >= 15 is 0 Å². The van der Waals surface area contributed by atoms with Crippen LogP contribution in [-0.2, 0) is 14.3 Å². The zero-order chi connectivity index (χ0) is 69.2. The lowest BCUT2D eigenvalue weighted by atomic mass is 9.99. The van der Waals surface area contributed by atoms with E-state index < -0.39 is 49.5 Å². The highest BCUT2D eigenvalue weighted by molar-refractivity contribution is 5.76. The lowest BCUT2D eigenvalue weighted by Gasteiger charge is -2.40. The van der Waals surface area contributed by atoms with E-state index in [0.717, 1.165) is 44.9 Å². The number of hydrogen-bond acceptors (Lipinski definition) is 8. The van der Waals surface area contributed by atoms with Gasteiger partial charge in [-0.25, -0.2) is 0 Å². The van der Waals surface area contributed by atoms with Crippen molar-refractivity contribution in [1.29, 1.82) is 0 Å². The lowest BCUT2D eigenvalue weighted by molar-refractivity contribution is -0.302. The molecule has 7 unspecified atom stereocenters. The topological polar surface area (TPSA) is 149 Å². The summed E-state index contributed by atoms with van der Waals surface area (Å²) in [6.45, 7) is 3.83. The van der Waals surface area contributed by atoms with Crippen LogP contribution in [0.4, 0.5) is 0 Å². The Bertz CT molecular complexity index is 1620. The molecule has 1 rings (SSSR count). The van der Waals surface area contributed by atoms with E-state index in [1.54, 1.807) is 6.08 Å². The van der Waals surface area contributed by atoms with Gasteiger partial charge in [0, 0.05) is 6.42 Å². The van der Waals surface area contributed by atoms with Crippen molar-refractivity contribution < 1.29 is 39.8 Å². The first-order chi connectivity index (χ1) is 47.3. The van der Waals surface area contributed by atoms with Gasteiger partial charge in [0.15, 0.2) is 6.29 Å². The van der Waals surface area contributed by atoms with Crippen LogP contribution in [-0.4, -0.2) is 87.5 Å². The second-order valence-corrected chi connectivity index (χ2v) is 30.3. The number of unbranched alkanes of at least 4 members (excludes halogenated alkanes) is 64. The molecule has 0 radical (unpaired) electrons. The van der Waals surface area contributed by atoms with Crippen molar-refractivity contribution >= 4 is 5.91 Å². The predicted octanol–water partition coefficient (Wildman–Crippen LogP) is 25.3. The summed E-state index contributed by atoms with van der Waals surface area (Å²) in [5, 5.41) is 54.9. The van der Waals surface area contributed by atoms with E-state index in [1.165, 1.54) is 392 Å². The van der Waals surface area contributed by atoms with Crippen LogP contribution >= 0.6 is 0 Å². The monoisotopic (exact) mass is 1350 g/mol. The molecule has 1 amide bonds. The van der Waals surface area contributed by atoms with Crippen LogP contribution in [0.5, 0.6) is 0 Å². The maximum atomic E-state index is 13.2. The van der Waals surface area contributed by atoms with Gasteiger partial charge in [-0.15, -0.1) is 0 Å². The van der Waals surface area contributed by atoms with E-state index in [0.29, 0.717) is 6.42 Å². The maximum absolute atomic E-state index is 13.2. The molecule has 7 atom stereocenters. The van der Waals surface area contributed by atoms with Crippen LogP contribution in [0, 0.1) is 0 Å². The molecule has 0 aliphatic carbocycles. The van der Waals surface area contributed by atoms with Gasteiger partial charge in [0.25, 0.3) is 0 Å². The Morgan fingerprint density at radius 3 is 0.875 bits per heavy atom. The van der Waals surface area contributed by atoms with Crippen molar-refractivity contribution in [3.05, 3.63) is 36.5 Å². The normalized spacial score (nSPS) is 17.5. The maximum Gasteiger partial charge on any atom is 0.220 e. The zero-order valence-electron chi connectivity index (χ0n) is 64.2. The molecule has 0 spiro atoms. The summed E-state index contributed by atoms with van der Waals surface area (Å²) >= 11 is 0. The summed E-state index contributed by atoms with van der Waals surface area (Å²) in [7, 11) is 0. The van der Waals surface area contributed by atoms with Gasteiger partial charge >= 0.3 is 0 Å². The third-order valence-corrected chi connectivity index (χ3v) is 20.9. The number of amides is 1. The van der Waals surface area contributed by atoms with Gasteiger partial charge < -0.3 is 40.3 Å². The average molecular weight is 1360 g/mol. The quantitative estimate of drug-likeness (QED) is 0.0261. The molecular formula is C87H167NO8. The number of ether oxygens (including phenoxy) is 2. The minimum absolute atomic E-state index is 0.181. The van der Waals surface area contributed by atoms with Crippen LogP contribution in [0.15, 0.2) is 36.5 Å². The van der Waals surface area contributed by atoms with Crippen LogP contribution in [0.25, 0.3) is 0 Å². The van der Waals surface area contributed by atoms with Gasteiger partial charge in [-0.05, 0) is 44.9 Å². The third kappa shape index (κ3) is 63.3. The van der Waals surface area contributed by atoms with Crippen LogP contribution < -0.4 is 5.32 Å². The Hall–Kier alpha value is -1.59. The van der Waals surface area contributed by atoms with Gasteiger partial charge in [-0.1, -0.05) is 442 Å². The van der Waals surface area contributed by atoms with E-state index in [1.807, 2.05) is 6.08 Å². The summed E-state index contributed by atoms with van der Waals surface area (Å²) < 4.78 is 11.3. The van der Waals surface area contributed by atoms with Crippen molar-refractivity contribution in [3.8, 4) is 0 Å². The highest BCUT2D eigenvalue weighted by Gasteiger charge is 2.44. The molecule has 1 heterocycles. The van der Waals surface area contributed by atoms with E-state index in [2.05, 4.69) is 43.5 Å². The second-order valence-electron chi connectivity index (χ2n) is 30.3. The van der Waals surface area contributed by atoms with Gasteiger partial charge in [-0.2, -0.15) is 0 Å². The summed E-state index contributed by atoms with van der Waals surface area (Å²) in [6.07, 6.45) is 97.7. The fourth-order valence-corrected chi connectivity index (χ4v) is 14.3. The van der Waals surface area contributed by atoms with Crippen LogP contribution in [0.1, 0.15) is 457 Å². The van der Waals surface area contributed by atoms with Gasteiger partial charge in [0.05, 0.1) is 25.4 Å². The molecule has 1 saturated heterocycles. The van der Waals surface area contributed by atoms with Gasteiger partial charge in [-0.3, -0.25) is 4.79 Å². The Morgan fingerprint density at radius 1 is 0.344 bits per heavy atom. The lowest BCUT2D eigenvalue weighted by Crippen LogP contribution is -2.60. The number of rotatable bonds is 78. The Labute approximate surface area is 597 Å². The summed E-state index contributed by atoms with van der Waals surface area (Å²) in [4.78, 5) is 13.2.